The number of anilines is 2. The molecule has 1 aliphatic rings. The number of sulfonamides is 1. The van der Waals surface area contributed by atoms with Crippen molar-refractivity contribution >= 4 is 21.4 Å². The number of nitrogens with two attached hydrogens (primary N) is 1. The van der Waals surface area contributed by atoms with Gasteiger partial charge in [0.1, 0.15) is 5.82 Å². The van der Waals surface area contributed by atoms with Gasteiger partial charge in [0.25, 0.3) is 10.0 Å². The van der Waals surface area contributed by atoms with Gasteiger partial charge in [-0.25, -0.2) is 12.8 Å². The summed E-state index contributed by atoms with van der Waals surface area (Å²) in [4.78, 5) is -0.0540. The first-order chi connectivity index (χ1) is 9.91. The summed E-state index contributed by atoms with van der Waals surface area (Å²) in [6.45, 7) is 1.91. The van der Waals surface area contributed by atoms with Crippen molar-refractivity contribution in [1.29, 1.82) is 0 Å². The lowest BCUT2D eigenvalue weighted by molar-refractivity contribution is 0.586. The summed E-state index contributed by atoms with van der Waals surface area (Å²) in [5, 5.41) is 0. The molecule has 1 heterocycles. The largest absolute Gasteiger partial charge is 0.397 e. The monoisotopic (exact) mass is 306 g/mol. The molecule has 0 saturated carbocycles. The van der Waals surface area contributed by atoms with Gasteiger partial charge in [0.15, 0.2) is 0 Å². The third-order valence-corrected chi connectivity index (χ3v) is 5.51. The fraction of sp³-hybridized carbons (Fsp3) is 0.200. The molecule has 2 aromatic rings. The van der Waals surface area contributed by atoms with Gasteiger partial charge in [-0.15, -0.1) is 0 Å². The molecule has 0 fully saturated rings. The Kier molecular flexibility index (Phi) is 3.13. The van der Waals surface area contributed by atoms with Crippen molar-refractivity contribution in [1.82, 2.24) is 0 Å². The molecular formula is C15H15FN2O2S. The predicted molar refractivity (Wildman–Crippen MR) is 80.2 cm³/mol. The molecule has 0 radical (unpaired) electrons. The fourth-order valence-electron chi connectivity index (χ4n) is 2.55. The summed E-state index contributed by atoms with van der Waals surface area (Å²) in [5.74, 6) is -0.531. The maximum Gasteiger partial charge on any atom is 0.264 e. The van der Waals surface area contributed by atoms with E-state index in [1.54, 1.807) is 19.1 Å². The highest BCUT2D eigenvalue weighted by Crippen LogP contribution is 2.37. The minimum absolute atomic E-state index is 0.0540. The molecule has 2 aromatic carbocycles. The van der Waals surface area contributed by atoms with Crippen LogP contribution in [0.2, 0.25) is 0 Å². The van der Waals surface area contributed by atoms with Crippen LogP contribution in [0.15, 0.2) is 41.3 Å². The summed E-state index contributed by atoms with van der Waals surface area (Å²) in [6, 6.07) is 9.27. The number of aryl methyl sites for hydroxylation is 1. The maximum atomic E-state index is 13.7. The van der Waals surface area contributed by atoms with Crippen LogP contribution in [-0.4, -0.2) is 15.0 Å². The van der Waals surface area contributed by atoms with Crippen LogP contribution in [0, 0.1) is 12.7 Å². The van der Waals surface area contributed by atoms with Gasteiger partial charge in [-0.05, 0) is 42.7 Å². The van der Waals surface area contributed by atoms with Crippen molar-refractivity contribution in [2.24, 2.45) is 0 Å². The lowest BCUT2D eigenvalue weighted by Gasteiger charge is -2.21. The highest BCUT2D eigenvalue weighted by Gasteiger charge is 2.32. The number of para-hydroxylation sites is 1. The SMILES string of the molecule is Cc1ccc(S(=O)(=O)N2CCc3cccc(N)c32)cc1F. The fourth-order valence-corrected chi connectivity index (χ4v) is 4.09. The van der Waals surface area contributed by atoms with Crippen LogP contribution in [0.25, 0.3) is 0 Å². The molecule has 0 aromatic heterocycles. The standard InChI is InChI=1S/C15H15FN2O2S/c1-10-5-6-12(9-13(10)16)21(19,20)18-8-7-11-3-2-4-14(17)15(11)18/h2-6,9H,7-8,17H2,1H3. The van der Waals surface area contributed by atoms with E-state index < -0.39 is 15.8 Å². The lowest BCUT2D eigenvalue weighted by atomic mass is 10.1. The van der Waals surface area contributed by atoms with Gasteiger partial charge in [-0.3, -0.25) is 4.31 Å². The zero-order chi connectivity index (χ0) is 15.2. The van der Waals surface area contributed by atoms with Gasteiger partial charge >= 0.3 is 0 Å². The van der Waals surface area contributed by atoms with Crippen LogP contribution < -0.4 is 10.0 Å². The molecule has 0 saturated heterocycles. The number of halogens is 1. The molecule has 2 N–H and O–H groups in total. The molecule has 0 spiro atoms. The molecule has 0 bridgehead atoms. The molecular weight excluding hydrogens is 291 g/mol. The first-order valence-corrected chi connectivity index (χ1v) is 8.01. The predicted octanol–water partition coefficient (Wildman–Crippen LogP) is 2.47. The number of fused-ring (bicyclic) bond motifs is 1. The van der Waals surface area contributed by atoms with E-state index in [0.29, 0.717) is 29.9 Å². The summed E-state index contributed by atoms with van der Waals surface area (Å²) in [6.07, 6.45) is 0.605. The minimum Gasteiger partial charge on any atom is -0.397 e. The van der Waals surface area contributed by atoms with Gasteiger partial charge in [-0.1, -0.05) is 18.2 Å². The van der Waals surface area contributed by atoms with Gasteiger partial charge < -0.3 is 5.73 Å². The number of hydrogen-bond donors (Lipinski definition) is 1. The van der Waals surface area contributed by atoms with Crippen LogP contribution in [0.3, 0.4) is 0 Å². The number of benzene rings is 2. The third-order valence-electron chi connectivity index (χ3n) is 3.72. The molecule has 0 amide bonds. The number of nitrogens with zero attached hydrogens (tertiary/aromatic N) is 1. The smallest absolute Gasteiger partial charge is 0.264 e. The van der Waals surface area contributed by atoms with E-state index in [-0.39, 0.29) is 4.90 Å². The van der Waals surface area contributed by atoms with Crippen LogP contribution in [0.5, 0.6) is 0 Å². The second kappa shape index (κ2) is 4.73. The Labute approximate surface area is 123 Å². The Morgan fingerprint density at radius 2 is 2.00 bits per heavy atom. The van der Waals surface area contributed by atoms with Crippen LogP contribution in [0.1, 0.15) is 11.1 Å². The highest BCUT2D eigenvalue weighted by molar-refractivity contribution is 7.92. The van der Waals surface area contributed by atoms with Crippen molar-refractivity contribution in [3.8, 4) is 0 Å². The average Bonchev–Trinajstić information content (AvgIpc) is 2.88. The molecule has 21 heavy (non-hydrogen) atoms. The van der Waals surface area contributed by atoms with Gasteiger partial charge in [0.2, 0.25) is 0 Å². The third kappa shape index (κ3) is 2.15. The molecule has 6 heteroatoms. The van der Waals surface area contributed by atoms with E-state index in [4.69, 9.17) is 5.73 Å². The number of nitrogen functional groups attached to an aromatic ring is 1. The molecule has 0 aliphatic carbocycles. The quantitative estimate of drug-likeness (QED) is 0.867. The number of rotatable bonds is 2. The van der Waals surface area contributed by atoms with Gasteiger partial charge in [0, 0.05) is 6.54 Å². The summed E-state index contributed by atoms with van der Waals surface area (Å²) >= 11 is 0. The van der Waals surface area contributed by atoms with E-state index in [1.165, 1.54) is 16.4 Å². The Balaban J connectivity index is 2.11. The Hall–Kier alpha value is -2.08. The van der Waals surface area contributed by atoms with Crippen molar-refractivity contribution < 1.29 is 12.8 Å². The molecule has 0 unspecified atom stereocenters. The summed E-state index contributed by atoms with van der Waals surface area (Å²) in [5.41, 5.74) is 8.15. The van der Waals surface area contributed by atoms with E-state index in [1.807, 2.05) is 6.07 Å². The lowest BCUT2D eigenvalue weighted by Crippen LogP contribution is -2.29. The molecule has 4 nitrogen and oxygen atoms in total. The van der Waals surface area contributed by atoms with E-state index in [9.17, 15) is 12.8 Å². The number of hydrogen-bond acceptors (Lipinski definition) is 3. The Morgan fingerprint density at radius 1 is 1.24 bits per heavy atom. The molecule has 1 aliphatic heterocycles. The van der Waals surface area contributed by atoms with Crippen molar-refractivity contribution in [3.05, 3.63) is 53.3 Å². The van der Waals surface area contributed by atoms with Gasteiger partial charge in [0.05, 0.1) is 16.3 Å². The first-order valence-electron chi connectivity index (χ1n) is 6.57. The second-order valence-corrected chi connectivity index (χ2v) is 6.96. The zero-order valence-electron chi connectivity index (χ0n) is 11.5. The van der Waals surface area contributed by atoms with Gasteiger partial charge in [-0.2, -0.15) is 0 Å². The van der Waals surface area contributed by atoms with Crippen LogP contribution in [-0.2, 0) is 16.4 Å². The van der Waals surface area contributed by atoms with Crippen molar-refractivity contribution in [2.45, 2.75) is 18.2 Å². The Bertz CT molecular complexity index is 818. The van der Waals surface area contributed by atoms with Crippen molar-refractivity contribution in [3.63, 3.8) is 0 Å². The molecule has 110 valence electrons. The van der Waals surface area contributed by atoms with Crippen LogP contribution in [0.4, 0.5) is 15.8 Å². The summed E-state index contributed by atoms with van der Waals surface area (Å²) < 4.78 is 40.4. The maximum absolute atomic E-state index is 13.7. The topological polar surface area (TPSA) is 63.4 Å². The first kappa shape index (κ1) is 13.9. The van der Waals surface area contributed by atoms with Crippen LogP contribution >= 0.6 is 0 Å². The van der Waals surface area contributed by atoms with Crippen molar-refractivity contribution in [2.75, 3.05) is 16.6 Å². The summed E-state index contributed by atoms with van der Waals surface area (Å²) in [7, 11) is -3.80. The van der Waals surface area contributed by atoms with E-state index in [2.05, 4.69) is 0 Å². The average molecular weight is 306 g/mol. The Morgan fingerprint density at radius 3 is 2.71 bits per heavy atom. The van der Waals surface area contributed by atoms with E-state index in [0.717, 1.165) is 11.6 Å². The second-order valence-electron chi connectivity index (χ2n) is 5.09. The molecule has 3 rings (SSSR count). The highest BCUT2D eigenvalue weighted by atomic mass is 32.2. The zero-order valence-corrected chi connectivity index (χ0v) is 12.3. The molecule has 0 atom stereocenters. The minimum atomic E-state index is -3.80. The van der Waals surface area contributed by atoms with E-state index >= 15 is 0 Å². The normalized spacial score (nSPS) is 14.3.